The summed E-state index contributed by atoms with van der Waals surface area (Å²) in [5, 5.41) is 5.98. The van der Waals surface area contributed by atoms with Gasteiger partial charge in [-0.2, -0.15) is 0 Å². The van der Waals surface area contributed by atoms with Crippen molar-refractivity contribution in [3.8, 4) is 5.69 Å². The minimum Gasteiger partial charge on any atom is -0.325 e. The van der Waals surface area contributed by atoms with E-state index < -0.39 is 0 Å². The molecule has 0 aliphatic rings. The van der Waals surface area contributed by atoms with Crippen LogP contribution in [0.4, 0.5) is 5.69 Å². The van der Waals surface area contributed by atoms with Crippen LogP contribution in [0.2, 0.25) is 0 Å². The Balaban J connectivity index is 1.37. The summed E-state index contributed by atoms with van der Waals surface area (Å²) in [5.74, 6) is -0.0128. The molecule has 0 unspecified atom stereocenters. The largest absolute Gasteiger partial charge is 0.325 e. The molecule has 0 radical (unpaired) electrons. The van der Waals surface area contributed by atoms with Gasteiger partial charge >= 0.3 is 0 Å². The maximum absolute atomic E-state index is 13.2. The number of fused-ring (bicyclic) bond motifs is 1. The van der Waals surface area contributed by atoms with Gasteiger partial charge in [0, 0.05) is 5.69 Å². The minimum absolute atomic E-state index is 0.131. The van der Waals surface area contributed by atoms with Crippen LogP contribution >= 0.6 is 23.1 Å². The topological polar surface area (TPSA) is 64.0 Å². The van der Waals surface area contributed by atoms with Crippen molar-refractivity contribution in [1.29, 1.82) is 0 Å². The number of hydrogen-bond donors (Lipinski definition) is 1. The highest BCUT2D eigenvalue weighted by Crippen LogP contribution is 2.25. The lowest BCUT2D eigenvalue weighted by atomic mass is 10.0. The molecule has 2 aromatic heterocycles. The van der Waals surface area contributed by atoms with Gasteiger partial charge in [-0.3, -0.25) is 14.2 Å². The number of hydrogen-bond acceptors (Lipinski definition) is 5. The fourth-order valence-electron chi connectivity index (χ4n) is 3.72. The Morgan fingerprint density at radius 2 is 1.62 bits per heavy atom. The Labute approximate surface area is 205 Å². The third kappa shape index (κ3) is 4.81. The highest BCUT2D eigenvalue weighted by Gasteiger charge is 2.16. The van der Waals surface area contributed by atoms with E-state index in [1.165, 1.54) is 28.7 Å². The van der Waals surface area contributed by atoms with Crippen LogP contribution in [0.5, 0.6) is 0 Å². The number of para-hydroxylation sites is 2. The lowest BCUT2D eigenvalue weighted by Crippen LogP contribution is -2.22. The van der Waals surface area contributed by atoms with Crippen molar-refractivity contribution in [2.45, 2.75) is 11.6 Å². The summed E-state index contributed by atoms with van der Waals surface area (Å²) in [4.78, 5) is 31.4. The van der Waals surface area contributed by atoms with Gasteiger partial charge in [-0.25, -0.2) is 4.98 Å². The van der Waals surface area contributed by atoms with Crippen LogP contribution in [0.15, 0.2) is 106 Å². The molecule has 0 atom stereocenters. The molecule has 0 aliphatic heterocycles. The van der Waals surface area contributed by atoms with E-state index in [1.807, 2.05) is 78.2 Å². The van der Waals surface area contributed by atoms with E-state index in [4.69, 9.17) is 0 Å². The predicted octanol–water partition coefficient (Wildman–Crippen LogP) is 5.77. The zero-order valence-electron chi connectivity index (χ0n) is 18.2. The molecule has 0 bridgehead atoms. The number of thiophene rings is 1. The number of aromatic nitrogens is 2. The van der Waals surface area contributed by atoms with E-state index in [0.717, 1.165) is 23.4 Å². The maximum Gasteiger partial charge on any atom is 0.267 e. The SMILES string of the molecule is O=C(CSc1nc2sccc2c(=O)n1-c1ccccc1)Nc1ccccc1Cc1ccccc1. The predicted molar refractivity (Wildman–Crippen MR) is 140 cm³/mol. The van der Waals surface area contributed by atoms with Crippen LogP contribution in [0.25, 0.3) is 15.9 Å². The number of benzene rings is 3. The van der Waals surface area contributed by atoms with Crippen LogP contribution < -0.4 is 10.9 Å². The van der Waals surface area contributed by atoms with E-state index in [-0.39, 0.29) is 17.2 Å². The molecule has 3 aromatic carbocycles. The summed E-state index contributed by atoms with van der Waals surface area (Å²) >= 11 is 2.68. The van der Waals surface area contributed by atoms with Gasteiger partial charge in [0.1, 0.15) is 4.83 Å². The second-order valence-electron chi connectivity index (χ2n) is 7.67. The third-order valence-corrected chi connectivity index (χ3v) is 7.09. The van der Waals surface area contributed by atoms with Crippen molar-refractivity contribution in [1.82, 2.24) is 9.55 Å². The molecule has 0 spiro atoms. The summed E-state index contributed by atoms with van der Waals surface area (Å²) in [6.45, 7) is 0. The van der Waals surface area contributed by atoms with Gasteiger partial charge in [-0.1, -0.05) is 78.5 Å². The van der Waals surface area contributed by atoms with Gasteiger partial charge in [0.2, 0.25) is 5.91 Å². The molecule has 34 heavy (non-hydrogen) atoms. The van der Waals surface area contributed by atoms with Crippen LogP contribution in [-0.2, 0) is 11.2 Å². The number of rotatable bonds is 7. The van der Waals surface area contributed by atoms with Crippen LogP contribution in [-0.4, -0.2) is 21.2 Å². The van der Waals surface area contributed by atoms with Crippen LogP contribution in [0, 0.1) is 0 Å². The summed E-state index contributed by atoms with van der Waals surface area (Å²) in [6.07, 6.45) is 0.731. The molecule has 5 rings (SSSR count). The summed E-state index contributed by atoms with van der Waals surface area (Å²) < 4.78 is 1.58. The fraction of sp³-hybridized carbons (Fsp3) is 0.0741. The maximum atomic E-state index is 13.2. The molecular weight excluding hydrogens is 462 g/mol. The van der Waals surface area contributed by atoms with Crippen molar-refractivity contribution in [3.05, 3.63) is 118 Å². The number of carbonyl (C=O) groups excluding carboxylic acids is 1. The average Bonchev–Trinajstić information content (AvgIpc) is 3.34. The van der Waals surface area contributed by atoms with Gasteiger partial charge < -0.3 is 5.32 Å². The minimum atomic E-state index is -0.148. The van der Waals surface area contributed by atoms with Crippen LogP contribution in [0.3, 0.4) is 0 Å². The second kappa shape index (κ2) is 10.1. The highest BCUT2D eigenvalue weighted by molar-refractivity contribution is 7.99. The van der Waals surface area contributed by atoms with E-state index >= 15 is 0 Å². The molecule has 5 nitrogen and oxygen atoms in total. The summed E-state index contributed by atoms with van der Waals surface area (Å²) in [7, 11) is 0. The van der Waals surface area contributed by atoms with Gasteiger partial charge in [-0.05, 0) is 47.2 Å². The molecule has 0 fully saturated rings. The van der Waals surface area contributed by atoms with Crippen molar-refractivity contribution < 1.29 is 4.79 Å². The molecule has 168 valence electrons. The Hall–Kier alpha value is -3.68. The van der Waals surface area contributed by atoms with Gasteiger partial charge in [-0.15, -0.1) is 11.3 Å². The average molecular weight is 484 g/mol. The second-order valence-corrected chi connectivity index (χ2v) is 9.50. The summed E-state index contributed by atoms with van der Waals surface area (Å²) in [6, 6.07) is 29.2. The number of carbonyl (C=O) groups is 1. The fourth-order valence-corrected chi connectivity index (χ4v) is 5.34. The van der Waals surface area contributed by atoms with Crippen molar-refractivity contribution in [2.75, 3.05) is 11.1 Å². The smallest absolute Gasteiger partial charge is 0.267 e. The zero-order valence-corrected chi connectivity index (χ0v) is 19.8. The Morgan fingerprint density at radius 3 is 2.41 bits per heavy atom. The Morgan fingerprint density at radius 1 is 0.912 bits per heavy atom. The molecular formula is C27H21N3O2S2. The molecule has 0 saturated carbocycles. The Kier molecular flexibility index (Phi) is 6.56. The Bertz CT molecular complexity index is 1500. The molecule has 2 heterocycles. The van der Waals surface area contributed by atoms with Crippen molar-refractivity contribution in [3.63, 3.8) is 0 Å². The first-order valence-electron chi connectivity index (χ1n) is 10.8. The lowest BCUT2D eigenvalue weighted by Gasteiger charge is -2.13. The van der Waals surface area contributed by atoms with E-state index in [9.17, 15) is 9.59 Å². The first-order chi connectivity index (χ1) is 16.7. The molecule has 1 N–H and O–H groups in total. The monoisotopic (exact) mass is 483 g/mol. The first-order valence-corrected chi connectivity index (χ1v) is 12.7. The molecule has 0 saturated heterocycles. The molecule has 5 aromatic rings. The van der Waals surface area contributed by atoms with E-state index in [2.05, 4.69) is 22.4 Å². The van der Waals surface area contributed by atoms with Gasteiger partial charge in [0.15, 0.2) is 5.16 Å². The number of amides is 1. The van der Waals surface area contributed by atoms with Crippen LogP contribution in [0.1, 0.15) is 11.1 Å². The van der Waals surface area contributed by atoms with Gasteiger partial charge in [0.25, 0.3) is 5.56 Å². The van der Waals surface area contributed by atoms with E-state index in [1.54, 1.807) is 10.6 Å². The quantitative estimate of drug-likeness (QED) is 0.236. The third-order valence-electron chi connectivity index (χ3n) is 5.34. The molecule has 1 amide bonds. The normalized spacial score (nSPS) is 10.9. The zero-order chi connectivity index (χ0) is 23.3. The van der Waals surface area contributed by atoms with Crippen molar-refractivity contribution >= 4 is 44.9 Å². The highest BCUT2D eigenvalue weighted by atomic mass is 32.2. The molecule has 7 heteroatoms. The summed E-state index contributed by atoms with van der Waals surface area (Å²) in [5.41, 5.74) is 3.61. The van der Waals surface area contributed by atoms with Crippen molar-refractivity contribution in [2.24, 2.45) is 0 Å². The number of thioether (sulfide) groups is 1. The lowest BCUT2D eigenvalue weighted by molar-refractivity contribution is -0.113. The number of nitrogens with one attached hydrogen (secondary N) is 1. The standard InChI is InChI=1S/C27H21N3O2S2/c31-24(28-23-14-8-7-11-20(23)17-19-9-3-1-4-10-19)18-34-27-29-25-22(15-16-33-25)26(32)30(27)21-12-5-2-6-13-21/h1-16H,17-18H2,(H,28,31). The number of nitrogens with zero attached hydrogens (tertiary/aromatic N) is 2. The van der Waals surface area contributed by atoms with Gasteiger partial charge in [0.05, 0.1) is 16.8 Å². The molecule has 0 aliphatic carbocycles. The number of anilines is 1. The van der Waals surface area contributed by atoms with E-state index in [0.29, 0.717) is 15.4 Å². The first kappa shape index (κ1) is 22.1.